The first-order valence-electron chi connectivity index (χ1n) is 6.75. The van der Waals surface area contributed by atoms with Crippen molar-refractivity contribution in [2.45, 2.75) is 6.42 Å². The number of morpholine rings is 1. The van der Waals surface area contributed by atoms with Crippen LogP contribution < -0.4 is 5.43 Å². The lowest BCUT2D eigenvalue weighted by Crippen LogP contribution is -2.38. The number of rotatable bonds is 5. The SMILES string of the molecule is O=C(CCN1CCOCC1)NN=Cc1cc(Br)ccc1O. The van der Waals surface area contributed by atoms with E-state index in [1.165, 1.54) is 6.21 Å². The van der Waals surface area contributed by atoms with Gasteiger partial charge in [-0.15, -0.1) is 0 Å². The average Bonchev–Trinajstić information content (AvgIpc) is 2.50. The number of nitrogens with one attached hydrogen (secondary N) is 1. The van der Waals surface area contributed by atoms with Gasteiger partial charge in [-0.2, -0.15) is 5.10 Å². The van der Waals surface area contributed by atoms with Crippen LogP contribution in [0.1, 0.15) is 12.0 Å². The molecule has 0 aromatic heterocycles. The van der Waals surface area contributed by atoms with E-state index in [2.05, 4.69) is 31.4 Å². The second-order valence-electron chi connectivity index (χ2n) is 4.70. The minimum atomic E-state index is -0.146. The summed E-state index contributed by atoms with van der Waals surface area (Å²) >= 11 is 3.31. The maximum absolute atomic E-state index is 11.7. The highest BCUT2D eigenvalue weighted by Gasteiger charge is 2.11. The lowest BCUT2D eigenvalue weighted by molar-refractivity contribution is -0.121. The first-order chi connectivity index (χ1) is 10.1. The number of hydrazone groups is 1. The second kappa shape index (κ2) is 8.11. The molecule has 114 valence electrons. The smallest absolute Gasteiger partial charge is 0.241 e. The van der Waals surface area contributed by atoms with Crippen molar-refractivity contribution in [1.29, 1.82) is 0 Å². The topological polar surface area (TPSA) is 74.2 Å². The Bertz CT molecular complexity index is 516. The summed E-state index contributed by atoms with van der Waals surface area (Å²) in [4.78, 5) is 13.9. The Balaban J connectivity index is 1.75. The summed E-state index contributed by atoms with van der Waals surface area (Å²) < 4.78 is 6.08. The van der Waals surface area contributed by atoms with E-state index < -0.39 is 0 Å². The normalized spacial score (nSPS) is 16.2. The highest BCUT2D eigenvalue weighted by atomic mass is 79.9. The summed E-state index contributed by atoms with van der Waals surface area (Å²) in [6.07, 6.45) is 1.81. The van der Waals surface area contributed by atoms with Gasteiger partial charge in [-0.25, -0.2) is 5.43 Å². The van der Waals surface area contributed by atoms with Gasteiger partial charge in [0.1, 0.15) is 5.75 Å². The lowest BCUT2D eigenvalue weighted by Gasteiger charge is -2.25. The molecular formula is C14H18BrN3O3. The highest BCUT2D eigenvalue weighted by molar-refractivity contribution is 9.10. The molecule has 0 aliphatic carbocycles. The zero-order chi connectivity index (χ0) is 15.1. The van der Waals surface area contributed by atoms with Gasteiger partial charge in [0, 0.05) is 36.1 Å². The number of hydrogen-bond acceptors (Lipinski definition) is 5. The van der Waals surface area contributed by atoms with Gasteiger partial charge < -0.3 is 9.84 Å². The number of carbonyl (C=O) groups excluding carboxylic acids is 1. The van der Waals surface area contributed by atoms with Gasteiger partial charge in [0.25, 0.3) is 0 Å². The van der Waals surface area contributed by atoms with Crippen LogP contribution in [-0.4, -0.2) is 55.0 Å². The van der Waals surface area contributed by atoms with Gasteiger partial charge in [-0.05, 0) is 18.2 Å². The predicted molar refractivity (Wildman–Crippen MR) is 83.4 cm³/mol. The molecule has 1 fully saturated rings. The molecule has 0 spiro atoms. The number of carbonyl (C=O) groups is 1. The van der Waals surface area contributed by atoms with E-state index in [1.54, 1.807) is 18.2 Å². The van der Waals surface area contributed by atoms with Crippen molar-refractivity contribution in [2.75, 3.05) is 32.8 Å². The molecule has 21 heavy (non-hydrogen) atoms. The summed E-state index contributed by atoms with van der Waals surface area (Å²) in [6, 6.07) is 5.01. The molecule has 1 aliphatic rings. The Morgan fingerprint density at radius 3 is 3.00 bits per heavy atom. The number of phenolic OH excluding ortho intramolecular Hbond substituents is 1. The number of hydrogen-bond donors (Lipinski definition) is 2. The molecule has 1 amide bonds. The molecule has 1 aromatic rings. The Morgan fingerprint density at radius 1 is 1.48 bits per heavy atom. The molecule has 7 heteroatoms. The molecule has 2 rings (SSSR count). The third-order valence-electron chi connectivity index (χ3n) is 3.14. The van der Waals surface area contributed by atoms with Crippen LogP contribution in [0.2, 0.25) is 0 Å². The highest BCUT2D eigenvalue weighted by Crippen LogP contribution is 2.19. The summed E-state index contributed by atoms with van der Waals surface area (Å²) in [5.74, 6) is -0.0308. The van der Waals surface area contributed by atoms with Crippen LogP contribution in [0.4, 0.5) is 0 Å². The summed E-state index contributed by atoms with van der Waals surface area (Å²) in [5.41, 5.74) is 3.00. The Kier molecular flexibility index (Phi) is 6.16. The van der Waals surface area contributed by atoms with Crippen molar-refractivity contribution >= 4 is 28.1 Å². The number of halogens is 1. The fraction of sp³-hybridized carbons (Fsp3) is 0.429. The zero-order valence-electron chi connectivity index (χ0n) is 11.6. The van der Waals surface area contributed by atoms with Crippen molar-refractivity contribution in [3.63, 3.8) is 0 Å². The molecule has 0 bridgehead atoms. The van der Waals surface area contributed by atoms with Crippen LogP contribution in [0.5, 0.6) is 5.75 Å². The monoisotopic (exact) mass is 355 g/mol. The predicted octanol–water partition coefficient (Wildman–Crippen LogP) is 1.33. The molecule has 1 heterocycles. The molecule has 6 nitrogen and oxygen atoms in total. The van der Waals surface area contributed by atoms with E-state index in [9.17, 15) is 9.90 Å². The van der Waals surface area contributed by atoms with Crippen molar-refractivity contribution in [3.05, 3.63) is 28.2 Å². The standard InChI is InChI=1S/C14H18BrN3O3/c15-12-1-2-13(19)11(9-12)10-16-17-14(20)3-4-18-5-7-21-8-6-18/h1-2,9-10,19H,3-8H2,(H,17,20). The first kappa shape index (κ1) is 15.9. The Labute approximate surface area is 131 Å². The third-order valence-corrected chi connectivity index (χ3v) is 3.63. The van der Waals surface area contributed by atoms with Gasteiger partial charge in [-0.3, -0.25) is 9.69 Å². The molecule has 1 aromatic carbocycles. The van der Waals surface area contributed by atoms with Crippen molar-refractivity contribution in [3.8, 4) is 5.75 Å². The average molecular weight is 356 g/mol. The van der Waals surface area contributed by atoms with Crippen LogP contribution in [-0.2, 0) is 9.53 Å². The summed E-state index contributed by atoms with van der Waals surface area (Å²) in [7, 11) is 0. The Morgan fingerprint density at radius 2 is 2.24 bits per heavy atom. The van der Waals surface area contributed by atoms with E-state index in [-0.39, 0.29) is 11.7 Å². The minimum absolute atomic E-state index is 0.115. The summed E-state index contributed by atoms with van der Waals surface area (Å²) in [5, 5.41) is 13.5. The van der Waals surface area contributed by atoms with Gasteiger partial charge in [0.15, 0.2) is 0 Å². The number of phenols is 1. The zero-order valence-corrected chi connectivity index (χ0v) is 13.2. The number of nitrogens with zero attached hydrogens (tertiary/aromatic N) is 2. The van der Waals surface area contributed by atoms with Crippen LogP contribution >= 0.6 is 15.9 Å². The van der Waals surface area contributed by atoms with Crippen LogP contribution in [0.3, 0.4) is 0 Å². The number of ether oxygens (including phenoxy) is 1. The molecule has 0 unspecified atom stereocenters. The third kappa shape index (κ3) is 5.45. The number of benzene rings is 1. The van der Waals surface area contributed by atoms with E-state index in [4.69, 9.17) is 4.74 Å². The molecule has 1 aliphatic heterocycles. The quantitative estimate of drug-likeness (QED) is 0.617. The maximum Gasteiger partial charge on any atom is 0.241 e. The van der Waals surface area contributed by atoms with Crippen LogP contribution in [0, 0.1) is 0 Å². The molecule has 2 N–H and O–H groups in total. The largest absolute Gasteiger partial charge is 0.507 e. The molecular weight excluding hydrogens is 338 g/mol. The van der Waals surface area contributed by atoms with Gasteiger partial charge >= 0.3 is 0 Å². The number of aromatic hydroxyl groups is 1. The Hall–Kier alpha value is -1.44. The van der Waals surface area contributed by atoms with Crippen molar-refractivity contribution in [2.24, 2.45) is 5.10 Å². The number of amides is 1. The molecule has 1 saturated heterocycles. The van der Waals surface area contributed by atoms with Gasteiger partial charge in [0.05, 0.1) is 19.4 Å². The summed E-state index contributed by atoms with van der Waals surface area (Å²) in [6.45, 7) is 3.88. The van der Waals surface area contributed by atoms with Crippen molar-refractivity contribution < 1.29 is 14.6 Å². The van der Waals surface area contributed by atoms with Gasteiger partial charge in [-0.1, -0.05) is 15.9 Å². The second-order valence-corrected chi connectivity index (χ2v) is 5.62. The van der Waals surface area contributed by atoms with E-state index in [0.29, 0.717) is 18.5 Å². The fourth-order valence-electron chi connectivity index (χ4n) is 1.94. The van der Waals surface area contributed by atoms with Crippen molar-refractivity contribution in [1.82, 2.24) is 10.3 Å². The fourth-order valence-corrected chi connectivity index (χ4v) is 2.32. The van der Waals surface area contributed by atoms with E-state index in [0.717, 1.165) is 30.8 Å². The molecule has 0 atom stereocenters. The van der Waals surface area contributed by atoms with E-state index in [1.807, 2.05) is 0 Å². The minimum Gasteiger partial charge on any atom is -0.507 e. The molecule has 0 saturated carbocycles. The van der Waals surface area contributed by atoms with Crippen LogP contribution in [0.15, 0.2) is 27.8 Å². The van der Waals surface area contributed by atoms with E-state index >= 15 is 0 Å². The molecule has 0 radical (unpaired) electrons. The first-order valence-corrected chi connectivity index (χ1v) is 7.55. The van der Waals surface area contributed by atoms with Crippen LogP contribution in [0.25, 0.3) is 0 Å². The lowest BCUT2D eigenvalue weighted by atomic mass is 10.2. The van der Waals surface area contributed by atoms with Gasteiger partial charge in [0.2, 0.25) is 5.91 Å². The maximum atomic E-state index is 11.7.